The highest BCUT2D eigenvalue weighted by molar-refractivity contribution is 6.03. The number of carbonyl (C=O) groups is 1. The number of nitrogens with zero attached hydrogens (tertiary/aromatic N) is 3. The fraction of sp³-hybridized carbons (Fsp3) is 0.389. The van der Waals surface area contributed by atoms with E-state index in [0.717, 1.165) is 31.6 Å². The van der Waals surface area contributed by atoms with Crippen LogP contribution >= 0.6 is 0 Å². The molecule has 2 aromatic rings. The van der Waals surface area contributed by atoms with Crippen molar-refractivity contribution in [2.45, 2.75) is 26.7 Å². The van der Waals surface area contributed by atoms with Crippen molar-refractivity contribution in [3.05, 3.63) is 41.7 Å². The van der Waals surface area contributed by atoms with E-state index in [1.807, 2.05) is 38.1 Å². The lowest BCUT2D eigenvalue weighted by molar-refractivity contribution is 0.102. The Kier molecular flexibility index (Phi) is 4.93. The Bertz CT molecular complexity index is 727. The van der Waals surface area contributed by atoms with E-state index in [1.54, 1.807) is 6.07 Å². The summed E-state index contributed by atoms with van der Waals surface area (Å²) >= 11 is 0. The third-order valence-electron chi connectivity index (χ3n) is 3.90. The first-order chi connectivity index (χ1) is 11.7. The van der Waals surface area contributed by atoms with Crippen LogP contribution in [0.1, 0.15) is 35.9 Å². The number of hydrogen-bond donors (Lipinski definition) is 1. The molecular weight excluding hydrogens is 304 g/mol. The van der Waals surface area contributed by atoms with Gasteiger partial charge in [-0.3, -0.25) is 4.79 Å². The minimum atomic E-state index is -0.256. The topological polar surface area (TPSA) is 67.3 Å². The van der Waals surface area contributed by atoms with Gasteiger partial charge in [0.2, 0.25) is 5.95 Å². The van der Waals surface area contributed by atoms with Gasteiger partial charge in [0.25, 0.3) is 5.91 Å². The van der Waals surface area contributed by atoms with Crippen LogP contribution in [0, 0.1) is 6.92 Å². The summed E-state index contributed by atoms with van der Waals surface area (Å²) in [6, 6.07) is 9.09. The minimum Gasteiger partial charge on any atom is -0.492 e. The molecule has 1 aliphatic rings. The lowest BCUT2D eigenvalue weighted by atomic mass is 10.2. The zero-order valence-electron chi connectivity index (χ0n) is 14.1. The number of hydrogen-bond acceptors (Lipinski definition) is 5. The highest BCUT2D eigenvalue weighted by atomic mass is 16.5. The molecule has 1 aliphatic heterocycles. The molecule has 1 aromatic heterocycles. The molecule has 24 heavy (non-hydrogen) atoms. The largest absolute Gasteiger partial charge is 0.492 e. The molecule has 1 fully saturated rings. The standard InChI is InChI=1S/C18H22N4O2/c1-3-24-16-9-5-4-8-14(16)20-17(23)15-12-13(2)19-18(21-15)22-10-6-7-11-22/h4-5,8-9,12H,3,6-7,10-11H2,1-2H3,(H,20,23). The van der Waals surface area contributed by atoms with E-state index >= 15 is 0 Å². The van der Waals surface area contributed by atoms with E-state index in [-0.39, 0.29) is 5.91 Å². The Morgan fingerprint density at radius 3 is 2.75 bits per heavy atom. The maximum atomic E-state index is 12.6. The zero-order chi connectivity index (χ0) is 16.9. The Labute approximate surface area is 141 Å². The first-order valence-corrected chi connectivity index (χ1v) is 8.31. The maximum Gasteiger partial charge on any atom is 0.274 e. The summed E-state index contributed by atoms with van der Waals surface area (Å²) in [6.07, 6.45) is 2.28. The Hall–Kier alpha value is -2.63. The molecular formula is C18H22N4O2. The van der Waals surface area contributed by atoms with Crippen LogP contribution in [0.4, 0.5) is 11.6 Å². The second-order valence-corrected chi connectivity index (χ2v) is 5.77. The van der Waals surface area contributed by atoms with Gasteiger partial charge in [-0.2, -0.15) is 0 Å². The maximum absolute atomic E-state index is 12.6. The molecule has 0 saturated carbocycles. The van der Waals surface area contributed by atoms with Gasteiger partial charge in [-0.1, -0.05) is 12.1 Å². The number of rotatable bonds is 5. The molecule has 3 rings (SSSR count). The second-order valence-electron chi connectivity index (χ2n) is 5.77. The number of anilines is 2. The van der Waals surface area contributed by atoms with Gasteiger partial charge < -0.3 is 15.0 Å². The van der Waals surface area contributed by atoms with Gasteiger partial charge in [-0.25, -0.2) is 9.97 Å². The number of ether oxygens (including phenoxy) is 1. The minimum absolute atomic E-state index is 0.256. The van der Waals surface area contributed by atoms with Crippen molar-refractivity contribution in [3.63, 3.8) is 0 Å². The van der Waals surface area contributed by atoms with Crippen molar-refractivity contribution < 1.29 is 9.53 Å². The van der Waals surface area contributed by atoms with Crippen LogP contribution in [0.15, 0.2) is 30.3 Å². The number of nitrogens with one attached hydrogen (secondary N) is 1. The third-order valence-corrected chi connectivity index (χ3v) is 3.90. The number of benzene rings is 1. The third kappa shape index (κ3) is 3.64. The van der Waals surface area contributed by atoms with Crippen LogP contribution in [0.25, 0.3) is 0 Å². The fourth-order valence-electron chi connectivity index (χ4n) is 2.77. The summed E-state index contributed by atoms with van der Waals surface area (Å²) in [5.74, 6) is 1.03. The van der Waals surface area contributed by atoms with Crippen LogP contribution in [0.5, 0.6) is 5.75 Å². The van der Waals surface area contributed by atoms with Crippen molar-refractivity contribution in [1.82, 2.24) is 9.97 Å². The molecule has 0 spiro atoms. The SMILES string of the molecule is CCOc1ccccc1NC(=O)c1cc(C)nc(N2CCCC2)n1. The van der Waals surface area contributed by atoms with Gasteiger partial charge >= 0.3 is 0 Å². The van der Waals surface area contributed by atoms with Gasteiger partial charge in [-0.05, 0) is 44.9 Å². The number of amides is 1. The molecule has 6 nitrogen and oxygen atoms in total. The average molecular weight is 326 g/mol. The number of para-hydroxylation sites is 2. The van der Waals surface area contributed by atoms with Crippen LogP contribution in [-0.2, 0) is 0 Å². The van der Waals surface area contributed by atoms with Gasteiger partial charge in [0, 0.05) is 18.8 Å². The first-order valence-electron chi connectivity index (χ1n) is 8.31. The highest BCUT2D eigenvalue weighted by Gasteiger charge is 2.18. The van der Waals surface area contributed by atoms with E-state index in [9.17, 15) is 4.79 Å². The number of aromatic nitrogens is 2. The van der Waals surface area contributed by atoms with Gasteiger partial charge in [-0.15, -0.1) is 0 Å². The zero-order valence-corrected chi connectivity index (χ0v) is 14.1. The molecule has 1 aromatic carbocycles. The predicted molar refractivity (Wildman–Crippen MR) is 93.8 cm³/mol. The number of carbonyl (C=O) groups excluding carboxylic acids is 1. The van der Waals surface area contributed by atoms with Crippen molar-refractivity contribution in [2.24, 2.45) is 0 Å². The fourth-order valence-corrected chi connectivity index (χ4v) is 2.77. The molecule has 0 aliphatic carbocycles. The summed E-state index contributed by atoms with van der Waals surface area (Å²) < 4.78 is 5.55. The van der Waals surface area contributed by atoms with E-state index in [4.69, 9.17) is 4.74 Å². The van der Waals surface area contributed by atoms with Gasteiger partial charge in [0.1, 0.15) is 11.4 Å². The Morgan fingerprint density at radius 1 is 1.25 bits per heavy atom. The van der Waals surface area contributed by atoms with E-state index in [2.05, 4.69) is 20.2 Å². The normalized spacial score (nSPS) is 13.8. The molecule has 1 N–H and O–H groups in total. The summed E-state index contributed by atoms with van der Waals surface area (Å²) in [6.45, 7) is 6.22. The van der Waals surface area contributed by atoms with Gasteiger partial charge in [0.15, 0.2) is 0 Å². The highest BCUT2D eigenvalue weighted by Crippen LogP contribution is 2.24. The molecule has 6 heteroatoms. The van der Waals surface area contributed by atoms with Crippen molar-refractivity contribution in [3.8, 4) is 5.75 Å². The quantitative estimate of drug-likeness (QED) is 0.915. The van der Waals surface area contributed by atoms with E-state index < -0.39 is 0 Å². The smallest absolute Gasteiger partial charge is 0.274 e. The van der Waals surface area contributed by atoms with Crippen molar-refractivity contribution in [1.29, 1.82) is 0 Å². The van der Waals surface area contributed by atoms with Crippen LogP contribution < -0.4 is 15.0 Å². The van der Waals surface area contributed by atoms with E-state index in [1.165, 1.54) is 0 Å². The molecule has 0 bridgehead atoms. The van der Waals surface area contributed by atoms with Crippen LogP contribution in [0.2, 0.25) is 0 Å². The predicted octanol–water partition coefficient (Wildman–Crippen LogP) is 3.04. The van der Waals surface area contributed by atoms with Gasteiger partial charge in [0.05, 0.1) is 12.3 Å². The number of aryl methyl sites for hydroxylation is 1. The van der Waals surface area contributed by atoms with Crippen molar-refractivity contribution in [2.75, 3.05) is 29.9 Å². The van der Waals surface area contributed by atoms with Crippen LogP contribution in [0.3, 0.4) is 0 Å². The average Bonchev–Trinajstić information content (AvgIpc) is 3.11. The molecule has 0 radical (unpaired) electrons. The first kappa shape index (κ1) is 16.2. The molecule has 126 valence electrons. The second kappa shape index (κ2) is 7.29. The summed E-state index contributed by atoms with van der Waals surface area (Å²) in [5, 5.41) is 2.88. The monoisotopic (exact) mass is 326 g/mol. The molecule has 0 atom stereocenters. The molecule has 1 saturated heterocycles. The summed E-state index contributed by atoms with van der Waals surface area (Å²) in [5.41, 5.74) is 1.80. The molecule has 0 unspecified atom stereocenters. The lowest BCUT2D eigenvalue weighted by Crippen LogP contribution is -2.23. The molecule has 2 heterocycles. The lowest BCUT2D eigenvalue weighted by Gasteiger charge is -2.16. The van der Waals surface area contributed by atoms with Crippen molar-refractivity contribution >= 4 is 17.5 Å². The Morgan fingerprint density at radius 2 is 2.00 bits per heavy atom. The van der Waals surface area contributed by atoms with E-state index in [0.29, 0.717) is 29.7 Å². The molecule has 1 amide bonds. The Balaban J connectivity index is 1.82. The van der Waals surface area contributed by atoms with Crippen LogP contribution in [-0.4, -0.2) is 35.6 Å². The summed E-state index contributed by atoms with van der Waals surface area (Å²) in [7, 11) is 0. The summed E-state index contributed by atoms with van der Waals surface area (Å²) in [4.78, 5) is 23.6.